The molecule has 1 aromatic heterocycles. The fourth-order valence-electron chi connectivity index (χ4n) is 3.17. The van der Waals surface area contributed by atoms with Crippen LogP contribution in [0.2, 0.25) is 0 Å². The summed E-state index contributed by atoms with van der Waals surface area (Å²) < 4.78 is 6.21. The number of ketones is 1. The lowest BCUT2D eigenvalue weighted by Gasteiger charge is -2.08. The van der Waals surface area contributed by atoms with E-state index in [1.807, 2.05) is 44.2 Å². The van der Waals surface area contributed by atoms with Gasteiger partial charge in [0.2, 0.25) is 0 Å². The number of amides is 1. The molecule has 2 aromatic carbocycles. The number of carbonyl (C=O) groups is 2. The zero-order valence-corrected chi connectivity index (χ0v) is 19.9. The molecule has 0 spiro atoms. The third-order valence-electron chi connectivity index (χ3n) is 4.69. The molecule has 0 radical (unpaired) electrons. The number of ether oxygens (including phenoxy) is 1. The number of Topliss-reactive ketones (excluding diaryl/α,β-unsaturated/α-hetero) is 1. The predicted molar refractivity (Wildman–Crippen MR) is 133 cm³/mol. The van der Waals surface area contributed by atoms with Gasteiger partial charge in [-0.2, -0.15) is 5.10 Å². The number of hydrogen-bond donors (Lipinski definition) is 2. The minimum absolute atomic E-state index is 0.163. The number of aromatic nitrogens is 2. The van der Waals surface area contributed by atoms with E-state index in [0.29, 0.717) is 38.2 Å². The maximum absolute atomic E-state index is 11.7. The van der Waals surface area contributed by atoms with Gasteiger partial charge in [-0.1, -0.05) is 42.0 Å². The van der Waals surface area contributed by atoms with Crippen molar-refractivity contribution in [3.8, 4) is 0 Å². The molecule has 1 heterocycles. The summed E-state index contributed by atoms with van der Waals surface area (Å²) in [5.74, 6) is 0.216. The summed E-state index contributed by atoms with van der Waals surface area (Å²) in [5, 5.41) is 6.81. The Morgan fingerprint density at radius 2 is 1.76 bits per heavy atom. The molecule has 8 heteroatoms. The summed E-state index contributed by atoms with van der Waals surface area (Å²) in [7, 11) is 0. The number of benzene rings is 2. The molecule has 0 unspecified atom stereocenters. The van der Waals surface area contributed by atoms with Gasteiger partial charge >= 0.3 is 6.09 Å². The van der Waals surface area contributed by atoms with Gasteiger partial charge in [-0.05, 0) is 56.6 Å². The highest BCUT2D eigenvalue weighted by Crippen LogP contribution is 2.11. The van der Waals surface area contributed by atoms with Crippen LogP contribution in [-0.2, 0) is 22.5 Å². The molecule has 3 N–H and O–H groups in total. The van der Waals surface area contributed by atoms with E-state index in [4.69, 9.17) is 10.5 Å². The Kier molecular flexibility index (Phi) is 10.7. The van der Waals surface area contributed by atoms with E-state index in [2.05, 4.69) is 10.4 Å². The summed E-state index contributed by atoms with van der Waals surface area (Å²) >= 11 is 0. The first-order valence-corrected chi connectivity index (χ1v) is 11.2. The Bertz CT molecular complexity index is 1160. The minimum atomic E-state index is -0.500. The van der Waals surface area contributed by atoms with Crippen molar-refractivity contribution in [3.05, 3.63) is 93.4 Å². The molecule has 0 saturated carbocycles. The normalized spacial score (nSPS) is 10.1. The predicted octanol–water partition coefficient (Wildman–Crippen LogP) is 3.62. The van der Waals surface area contributed by atoms with E-state index >= 15 is 0 Å². The monoisotopic (exact) mass is 464 g/mol. The van der Waals surface area contributed by atoms with Crippen LogP contribution in [0.1, 0.15) is 35.7 Å². The van der Waals surface area contributed by atoms with Crippen molar-refractivity contribution in [1.82, 2.24) is 9.78 Å². The molecule has 0 bridgehead atoms. The Hall–Kier alpha value is -3.78. The smallest absolute Gasteiger partial charge is 0.411 e. The highest BCUT2D eigenvalue weighted by Gasteiger charge is 2.05. The molecule has 8 nitrogen and oxygen atoms in total. The molecule has 34 heavy (non-hydrogen) atoms. The summed E-state index contributed by atoms with van der Waals surface area (Å²) in [6.45, 7) is 6.70. The van der Waals surface area contributed by atoms with E-state index < -0.39 is 6.09 Å². The highest BCUT2D eigenvalue weighted by atomic mass is 16.5. The maximum Gasteiger partial charge on any atom is 0.411 e. The minimum Gasteiger partial charge on any atom is -0.450 e. The summed E-state index contributed by atoms with van der Waals surface area (Å²) in [6.07, 6.45) is 0.493. The number of aryl methyl sites for hydroxylation is 2. The van der Waals surface area contributed by atoms with Crippen LogP contribution in [0.5, 0.6) is 0 Å². The topological polar surface area (TPSA) is 116 Å². The van der Waals surface area contributed by atoms with Gasteiger partial charge in [0.05, 0.1) is 18.8 Å². The number of rotatable bonds is 8. The second kappa shape index (κ2) is 13.7. The van der Waals surface area contributed by atoms with Gasteiger partial charge in [-0.15, -0.1) is 0 Å². The van der Waals surface area contributed by atoms with Crippen molar-refractivity contribution in [1.29, 1.82) is 0 Å². The molecule has 0 saturated heterocycles. The van der Waals surface area contributed by atoms with Crippen LogP contribution in [-0.4, -0.2) is 34.8 Å². The summed E-state index contributed by atoms with van der Waals surface area (Å²) in [6, 6.07) is 18.4. The molecule has 3 aromatic rings. The van der Waals surface area contributed by atoms with Crippen molar-refractivity contribution in [2.24, 2.45) is 5.73 Å². The lowest BCUT2D eigenvalue weighted by Crippen LogP contribution is -2.23. The van der Waals surface area contributed by atoms with Gasteiger partial charge in [0.1, 0.15) is 5.78 Å². The van der Waals surface area contributed by atoms with Gasteiger partial charge in [0.25, 0.3) is 5.56 Å². The fraction of sp³-hybridized carbons (Fsp3) is 0.308. The number of nitrogens with one attached hydrogen (secondary N) is 1. The second-order valence-electron chi connectivity index (χ2n) is 7.76. The zero-order chi connectivity index (χ0) is 24.9. The first kappa shape index (κ1) is 26.5. The standard InChI is InChI=1S/C15H17N3O3.C11H15NO/c1-3-21-15(20)16-13-6-4-5-12(9-13)10-18-14(19)8-7-11(2)17-18;1-9-3-2-4-10(7-9)8-11(13)5-6-12/h4-9H,3,10H2,1-2H3,(H,16,20);2-4,7H,5-6,8,12H2,1H3. The van der Waals surface area contributed by atoms with E-state index in [1.165, 1.54) is 16.3 Å². The Labute approximate surface area is 199 Å². The van der Waals surface area contributed by atoms with Crippen LogP contribution < -0.4 is 16.6 Å². The first-order chi connectivity index (χ1) is 16.3. The van der Waals surface area contributed by atoms with Gasteiger partial charge in [-0.25, -0.2) is 9.48 Å². The molecule has 0 aliphatic heterocycles. The molecular weight excluding hydrogens is 432 g/mol. The van der Waals surface area contributed by atoms with E-state index in [9.17, 15) is 14.4 Å². The average molecular weight is 465 g/mol. The number of anilines is 1. The molecule has 0 aliphatic carbocycles. The summed E-state index contributed by atoms with van der Waals surface area (Å²) in [5.41, 5.74) is 9.66. The Balaban J connectivity index is 0.000000270. The van der Waals surface area contributed by atoms with Gasteiger partial charge in [-0.3, -0.25) is 14.9 Å². The van der Waals surface area contributed by atoms with Crippen LogP contribution in [0.3, 0.4) is 0 Å². The van der Waals surface area contributed by atoms with Crippen molar-refractivity contribution in [2.75, 3.05) is 18.5 Å². The molecule has 0 fully saturated rings. The largest absolute Gasteiger partial charge is 0.450 e. The molecule has 3 rings (SSSR count). The van der Waals surface area contributed by atoms with Crippen molar-refractivity contribution in [3.63, 3.8) is 0 Å². The van der Waals surface area contributed by atoms with Gasteiger partial charge in [0, 0.05) is 24.6 Å². The molecule has 0 aliphatic rings. The second-order valence-corrected chi connectivity index (χ2v) is 7.76. The SMILES string of the molecule is CCOC(=O)Nc1cccc(Cn2nc(C)ccc2=O)c1.Cc1cccc(CC(=O)CCN)c1. The Morgan fingerprint density at radius 1 is 1.03 bits per heavy atom. The quantitative estimate of drug-likeness (QED) is 0.526. The van der Waals surface area contributed by atoms with E-state index in [1.54, 1.807) is 31.2 Å². The fourth-order valence-corrected chi connectivity index (χ4v) is 3.17. The number of nitrogens with two attached hydrogens (primary N) is 1. The number of carbonyl (C=O) groups excluding carboxylic acids is 2. The maximum atomic E-state index is 11.7. The van der Waals surface area contributed by atoms with Crippen LogP contribution in [0.25, 0.3) is 0 Å². The summed E-state index contributed by atoms with van der Waals surface area (Å²) in [4.78, 5) is 34.4. The van der Waals surface area contributed by atoms with Crippen molar-refractivity contribution in [2.45, 2.75) is 40.2 Å². The average Bonchev–Trinajstić information content (AvgIpc) is 2.77. The number of nitrogens with zero attached hydrogens (tertiary/aromatic N) is 2. The van der Waals surface area contributed by atoms with Crippen molar-refractivity contribution < 1.29 is 14.3 Å². The van der Waals surface area contributed by atoms with Gasteiger partial charge in [0.15, 0.2) is 0 Å². The lowest BCUT2D eigenvalue weighted by molar-refractivity contribution is -0.118. The van der Waals surface area contributed by atoms with E-state index in [0.717, 1.165) is 16.8 Å². The molecule has 180 valence electrons. The third kappa shape index (κ3) is 9.38. The molecule has 1 amide bonds. The first-order valence-electron chi connectivity index (χ1n) is 11.2. The van der Waals surface area contributed by atoms with Crippen LogP contribution in [0.4, 0.5) is 10.5 Å². The Morgan fingerprint density at radius 3 is 2.47 bits per heavy atom. The van der Waals surface area contributed by atoms with Crippen LogP contribution in [0.15, 0.2) is 65.5 Å². The number of hydrogen-bond acceptors (Lipinski definition) is 6. The van der Waals surface area contributed by atoms with E-state index in [-0.39, 0.29) is 11.3 Å². The van der Waals surface area contributed by atoms with Crippen LogP contribution >= 0.6 is 0 Å². The zero-order valence-electron chi connectivity index (χ0n) is 19.9. The van der Waals surface area contributed by atoms with Crippen LogP contribution in [0, 0.1) is 13.8 Å². The van der Waals surface area contributed by atoms with Crippen molar-refractivity contribution >= 4 is 17.6 Å². The van der Waals surface area contributed by atoms with Gasteiger partial charge < -0.3 is 10.5 Å². The molecule has 0 atom stereocenters. The molecular formula is C26H32N4O4. The third-order valence-corrected chi connectivity index (χ3v) is 4.69. The highest BCUT2D eigenvalue weighted by molar-refractivity contribution is 5.84. The lowest BCUT2D eigenvalue weighted by atomic mass is 10.1.